The number of hydrogen-bond acceptors (Lipinski definition) is 2. The first-order valence-corrected chi connectivity index (χ1v) is 7.63. The Morgan fingerprint density at radius 1 is 1.17 bits per heavy atom. The van der Waals surface area contributed by atoms with E-state index in [0.29, 0.717) is 11.4 Å². The molecule has 0 aliphatic carbocycles. The topological polar surface area (TPSA) is 49.4 Å². The number of benzene rings is 2. The van der Waals surface area contributed by atoms with Gasteiger partial charge in [-0.25, -0.2) is 8.78 Å². The van der Waals surface area contributed by atoms with Gasteiger partial charge in [-0.1, -0.05) is 11.6 Å². The standard InChI is InChI=1S/C17H13ClF2N2O2/c18-14-8-12(3-6-15(14)20)21-17(24)10-7-16(23)22(9-10)13-4-1-11(19)2-5-13/h1-6,8,10H,7,9H2,(H,21,24). The number of hydrogen-bond donors (Lipinski definition) is 1. The van der Waals surface area contributed by atoms with Crippen molar-refractivity contribution in [1.29, 1.82) is 0 Å². The van der Waals surface area contributed by atoms with Crippen molar-refractivity contribution in [3.63, 3.8) is 0 Å². The van der Waals surface area contributed by atoms with E-state index in [9.17, 15) is 18.4 Å². The van der Waals surface area contributed by atoms with E-state index < -0.39 is 17.6 Å². The summed E-state index contributed by atoms with van der Waals surface area (Å²) >= 11 is 5.68. The maximum Gasteiger partial charge on any atom is 0.229 e. The van der Waals surface area contributed by atoms with Crippen molar-refractivity contribution in [1.82, 2.24) is 0 Å². The highest BCUT2D eigenvalue weighted by Crippen LogP contribution is 2.27. The molecular formula is C17H13ClF2N2O2. The van der Waals surface area contributed by atoms with Crippen LogP contribution in [0.3, 0.4) is 0 Å². The van der Waals surface area contributed by atoms with Crippen LogP contribution in [-0.2, 0) is 9.59 Å². The van der Waals surface area contributed by atoms with E-state index >= 15 is 0 Å². The minimum absolute atomic E-state index is 0.0537. The van der Waals surface area contributed by atoms with Gasteiger partial charge in [-0.15, -0.1) is 0 Å². The normalized spacial score (nSPS) is 17.2. The second kappa shape index (κ2) is 6.57. The highest BCUT2D eigenvalue weighted by molar-refractivity contribution is 6.31. The van der Waals surface area contributed by atoms with Crippen LogP contribution in [0.15, 0.2) is 42.5 Å². The molecule has 124 valence electrons. The Morgan fingerprint density at radius 3 is 2.54 bits per heavy atom. The molecule has 7 heteroatoms. The largest absolute Gasteiger partial charge is 0.326 e. The van der Waals surface area contributed by atoms with Gasteiger partial charge in [0.25, 0.3) is 0 Å². The number of rotatable bonds is 3. The number of carbonyl (C=O) groups is 2. The number of nitrogens with zero attached hydrogens (tertiary/aromatic N) is 1. The van der Waals surface area contributed by atoms with Gasteiger partial charge in [0.1, 0.15) is 11.6 Å². The summed E-state index contributed by atoms with van der Waals surface area (Å²) in [7, 11) is 0. The van der Waals surface area contributed by atoms with Crippen LogP contribution in [-0.4, -0.2) is 18.4 Å². The molecule has 1 aliphatic heterocycles. The van der Waals surface area contributed by atoms with E-state index in [0.717, 1.165) is 6.07 Å². The van der Waals surface area contributed by atoms with Crippen molar-refractivity contribution in [3.8, 4) is 0 Å². The maximum absolute atomic E-state index is 13.1. The zero-order valence-electron chi connectivity index (χ0n) is 12.4. The van der Waals surface area contributed by atoms with Gasteiger partial charge in [0.05, 0.1) is 10.9 Å². The van der Waals surface area contributed by atoms with Gasteiger partial charge in [0, 0.05) is 24.3 Å². The minimum atomic E-state index is -0.576. The van der Waals surface area contributed by atoms with Crippen molar-refractivity contribution in [2.45, 2.75) is 6.42 Å². The van der Waals surface area contributed by atoms with E-state index in [1.807, 2.05) is 0 Å². The molecule has 0 radical (unpaired) electrons. The lowest BCUT2D eigenvalue weighted by Crippen LogP contribution is -2.28. The Hall–Kier alpha value is -2.47. The average molecular weight is 351 g/mol. The predicted octanol–water partition coefficient (Wildman–Crippen LogP) is 3.61. The predicted molar refractivity (Wildman–Crippen MR) is 86.9 cm³/mol. The second-order valence-electron chi connectivity index (χ2n) is 5.50. The van der Waals surface area contributed by atoms with E-state index in [2.05, 4.69) is 5.32 Å². The molecule has 1 heterocycles. The fourth-order valence-electron chi connectivity index (χ4n) is 2.57. The first kappa shape index (κ1) is 16.4. The number of anilines is 2. The molecule has 0 spiro atoms. The Labute approximate surface area is 142 Å². The third-order valence-electron chi connectivity index (χ3n) is 3.82. The van der Waals surface area contributed by atoms with Crippen molar-refractivity contribution >= 4 is 34.8 Å². The molecule has 1 saturated heterocycles. The summed E-state index contributed by atoms with van der Waals surface area (Å²) in [6.45, 7) is 0.200. The van der Waals surface area contributed by atoms with E-state index in [1.165, 1.54) is 41.3 Å². The molecular weight excluding hydrogens is 338 g/mol. The molecule has 1 unspecified atom stereocenters. The molecule has 1 fully saturated rings. The molecule has 0 aromatic heterocycles. The number of carbonyl (C=O) groups excluding carboxylic acids is 2. The molecule has 2 amide bonds. The van der Waals surface area contributed by atoms with Gasteiger partial charge < -0.3 is 10.2 Å². The van der Waals surface area contributed by atoms with Crippen LogP contribution in [0, 0.1) is 17.6 Å². The monoisotopic (exact) mass is 350 g/mol. The smallest absolute Gasteiger partial charge is 0.229 e. The van der Waals surface area contributed by atoms with Crippen LogP contribution >= 0.6 is 11.6 Å². The van der Waals surface area contributed by atoms with Gasteiger partial charge >= 0.3 is 0 Å². The van der Waals surface area contributed by atoms with Crippen molar-refractivity contribution in [2.24, 2.45) is 5.92 Å². The van der Waals surface area contributed by atoms with Crippen LogP contribution in [0.4, 0.5) is 20.2 Å². The minimum Gasteiger partial charge on any atom is -0.326 e. The third-order valence-corrected chi connectivity index (χ3v) is 4.11. The summed E-state index contributed by atoms with van der Waals surface area (Å²) in [6.07, 6.45) is 0.0537. The molecule has 0 bridgehead atoms. The summed E-state index contributed by atoms with van der Waals surface area (Å²) in [5, 5.41) is 2.53. The Balaban J connectivity index is 1.69. The molecule has 4 nitrogen and oxygen atoms in total. The molecule has 1 N–H and O–H groups in total. The summed E-state index contributed by atoms with van der Waals surface area (Å²) in [5.41, 5.74) is 0.903. The van der Waals surface area contributed by atoms with Gasteiger partial charge in [-0.3, -0.25) is 9.59 Å². The zero-order valence-corrected chi connectivity index (χ0v) is 13.2. The lowest BCUT2D eigenvalue weighted by atomic mass is 10.1. The summed E-state index contributed by atoms with van der Waals surface area (Å²) in [6, 6.07) is 9.37. The second-order valence-corrected chi connectivity index (χ2v) is 5.91. The van der Waals surface area contributed by atoms with E-state index in [-0.39, 0.29) is 29.8 Å². The van der Waals surface area contributed by atoms with E-state index in [4.69, 9.17) is 11.6 Å². The number of halogens is 3. The molecule has 2 aromatic carbocycles. The highest BCUT2D eigenvalue weighted by atomic mass is 35.5. The van der Waals surface area contributed by atoms with Crippen LogP contribution in [0.25, 0.3) is 0 Å². The van der Waals surface area contributed by atoms with Crippen LogP contribution in [0.1, 0.15) is 6.42 Å². The number of nitrogens with one attached hydrogen (secondary N) is 1. The first-order chi connectivity index (χ1) is 11.4. The van der Waals surface area contributed by atoms with Gasteiger partial charge in [-0.05, 0) is 42.5 Å². The Kier molecular flexibility index (Phi) is 4.49. The van der Waals surface area contributed by atoms with Gasteiger partial charge in [-0.2, -0.15) is 0 Å². The highest BCUT2D eigenvalue weighted by Gasteiger charge is 2.35. The van der Waals surface area contributed by atoms with E-state index in [1.54, 1.807) is 0 Å². The molecule has 1 atom stereocenters. The van der Waals surface area contributed by atoms with Crippen molar-refractivity contribution in [2.75, 3.05) is 16.8 Å². The molecule has 3 rings (SSSR count). The lowest BCUT2D eigenvalue weighted by Gasteiger charge is -2.16. The Morgan fingerprint density at radius 2 is 1.88 bits per heavy atom. The quantitative estimate of drug-likeness (QED) is 0.919. The molecule has 2 aromatic rings. The van der Waals surface area contributed by atoms with Crippen molar-refractivity contribution in [3.05, 3.63) is 59.1 Å². The average Bonchev–Trinajstić information content (AvgIpc) is 2.94. The van der Waals surface area contributed by atoms with Crippen LogP contribution in [0.5, 0.6) is 0 Å². The first-order valence-electron chi connectivity index (χ1n) is 7.26. The molecule has 0 saturated carbocycles. The Bertz CT molecular complexity index is 796. The third kappa shape index (κ3) is 3.38. The van der Waals surface area contributed by atoms with Crippen LogP contribution < -0.4 is 10.2 Å². The lowest BCUT2D eigenvalue weighted by molar-refractivity contribution is -0.122. The van der Waals surface area contributed by atoms with Crippen LogP contribution in [0.2, 0.25) is 5.02 Å². The summed E-state index contributed by atoms with van der Waals surface area (Å²) in [5.74, 6) is -2.08. The fourth-order valence-corrected chi connectivity index (χ4v) is 2.75. The SMILES string of the molecule is O=C(Nc1ccc(F)c(Cl)c1)C1CC(=O)N(c2ccc(F)cc2)C1. The fraction of sp³-hybridized carbons (Fsp3) is 0.176. The zero-order chi connectivity index (χ0) is 17.3. The summed E-state index contributed by atoms with van der Waals surface area (Å²) in [4.78, 5) is 25.9. The maximum atomic E-state index is 13.1. The molecule has 1 aliphatic rings. The van der Waals surface area contributed by atoms with Gasteiger partial charge in [0.2, 0.25) is 11.8 Å². The number of amides is 2. The van der Waals surface area contributed by atoms with Gasteiger partial charge in [0.15, 0.2) is 0 Å². The summed E-state index contributed by atoms with van der Waals surface area (Å²) < 4.78 is 26.1. The van der Waals surface area contributed by atoms with Crippen molar-refractivity contribution < 1.29 is 18.4 Å². The molecule has 24 heavy (non-hydrogen) atoms.